The van der Waals surface area contributed by atoms with E-state index in [0.29, 0.717) is 12.1 Å². The van der Waals surface area contributed by atoms with Gasteiger partial charge < -0.3 is 9.67 Å². The Morgan fingerprint density at radius 1 is 1.09 bits per heavy atom. The molecule has 8 heteroatoms. The summed E-state index contributed by atoms with van der Waals surface area (Å²) in [6, 6.07) is 19.6. The predicted octanol–water partition coefficient (Wildman–Crippen LogP) is 3.66. The number of rotatable bonds is 7. The quantitative estimate of drug-likeness (QED) is 0.288. The molecule has 0 aliphatic rings. The standard InChI is InChI=1S/C26H23N5O3/c1-17-14-19(7-8-21(17)26(33)30-34-13-12-32)22-9-10-23-25(29-22)31(16-28-23)15-20-5-2-4-18-6-3-11-27-24(18)20/h2-11,14,16,32H,12-13,15H2,1H3,(H,30,33). The third-order valence-corrected chi connectivity index (χ3v) is 5.64. The summed E-state index contributed by atoms with van der Waals surface area (Å²) in [6.45, 7) is 2.34. The Kier molecular flexibility index (Phi) is 5.99. The fourth-order valence-corrected chi connectivity index (χ4v) is 3.99. The highest BCUT2D eigenvalue weighted by Crippen LogP contribution is 2.24. The third-order valence-electron chi connectivity index (χ3n) is 5.64. The van der Waals surface area contributed by atoms with Gasteiger partial charge in [-0.05, 0) is 48.4 Å². The van der Waals surface area contributed by atoms with Crippen LogP contribution in [0.15, 0.2) is 73.2 Å². The summed E-state index contributed by atoms with van der Waals surface area (Å²) >= 11 is 0. The highest BCUT2D eigenvalue weighted by atomic mass is 16.7. The number of benzene rings is 2. The molecule has 5 rings (SSSR count). The van der Waals surface area contributed by atoms with Crippen LogP contribution in [-0.2, 0) is 11.4 Å². The second-order valence-corrected chi connectivity index (χ2v) is 7.94. The summed E-state index contributed by atoms with van der Waals surface area (Å²) in [5, 5.41) is 9.88. The van der Waals surface area contributed by atoms with Crippen molar-refractivity contribution in [3.8, 4) is 11.3 Å². The first kappa shape index (κ1) is 21.7. The zero-order chi connectivity index (χ0) is 23.5. The molecule has 170 valence electrons. The third kappa shape index (κ3) is 4.24. The Hall–Kier alpha value is -4.14. The van der Waals surface area contributed by atoms with Crippen LogP contribution in [0.2, 0.25) is 0 Å². The van der Waals surface area contributed by atoms with Crippen molar-refractivity contribution in [2.45, 2.75) is 13.5 Å². The number of para-hydroxylation sites is 1. The van der Waals surface area contributed by atoms with Gasteiger partial charge in [-0.2, -0.15) is 0 Å². The number of carbonyl (C=O) groups excluding carboxylic acids is 1. The molecule has 0 aliphatic heterocycles. The molecule has 5 aromatic rings. The van der Waals surface area contributed by atoms with Gasteiger partial charge in [0.25, 0.3) is 5.91 Å². The SMILES string of the molecule is Cc1cc(-c2ccc3ncn(Cc4cccc5cccnc45)c3n2)ccc1C(=O)NOCCO. The van der Waals surface area contributed by atoms with Gasteiger partial charge >= 0.3 is 0 Å². The summed E-state index contributed by atoms with van der Waals surface area (Å²) in [7, 11) is 0. The monoisotopic (exact) mass is 453 g/mol. The lowest BCUT2D eigenvalue weighted by atomic mass is 10.0. The fourth-order valence-electron chi connectivity index (χ4n) is 3.99. The minimum absolute atomic E-state index is 0.0370. The number of fused-ring (bicyclic) bond motifs is 2. The number of nitrogens with zero attached hydrogens (tertiary/aromatic N) is 4. The van der Waals surface area contributed by atoms with E-state index in [1.54, 1.807) is 18.6 Å². The lowest BCUT2D eigenvalue weighted by molar-refractivity contribution is 0.0168. The van der Waals surface area contributed by atoms with Gasteiger partial charge in [-0.25, -0.2) is 15.4 Å². The van der Waals surface area contributed by atoms with Gasteiger partial charge in [0.1, 0.15) is 5.52 Å². The number of aromatic nitrogens is 4. The van der Waals surface area contributed by atoms with Gasteiger partial charge in [-0.1, -0.05) is 30.3 Å². The molecular weight excluding hydrogens is 430 g/mol. The van der Waals surface area contributed by atoms with E-state index >= 15 is 0 Å². The average Bonchev–Trinajstić information content (AvgIpc) is 3.26. The number of amides is 1. The second-order valence-electron chi connectivity index (χ2n) is 7.94. The van der Waals surface area contributed by atoms with E-state index in [1.165, 1.54) is 0 Å². The molecule has 0 spiro atoms. The van der Waals surface area contributed by atoms with Crippen molar-refractivity contribution in [1.29, 1.82) is 0 Å². The van der Waals surface area contributed by atoms with Crippen LogP contribution >= 0.6 is 0 Å². The van der Waals surface area contributed by atoms with E-state index < -0.39 is 0 Å². The molecular formula is C26H23N5O3. The molecule has 0 atom stereocenters. The summed E-state index contributed by atoms with van der Waals surface area (Å²) in [4.78, 5) is 31.2. The van der Waals surface area contributed by atoms with Crippen molar-refractivity contribution in [2.24, 2.45) is 0 Å². The second kappa shape index (κ2) is 9.38. The Bertz CT molecular complexity index is 1490. The first-order chi connectivity index (χ1) is 16.6. The van der Waals surface area contributed by atoms with Crippen LogP contribution in [0.3, 0.4) is 0 Å². The number of hydrogen-bond donors (Lipinski definition) is 2. The summed E-state index contributed by atoms with van der Waals surface area (Å²) < 4.78 is 2.02. The van der Waals surface area contributed by atoms with Crippen LogP contribution in [0.25, 0.3) is 33.3 Å². The van der Waals surface area contributed by atoms with Gasteiger partial charge in [-0.3, -0.25) is 14.6 Å². The molecule has 0 bridgehead atoms. The molecule has 3 heterocycles. The van der Waals surface area contributed by atoms with Gasteiger partial charge in [0.05, 0.1) is 37.3 Å². The predicted molar refractivity (Wildman–Crippen MR) is 129 cm³/mol. The molecule has 0 aliphatic carbocycles. The van der Waals surface area contributed by atoms with Gasteiger partial charge in [0, 0.05) is 22.7 Å². The zero-order valence-electron chi connectivity index (χ0n) is 18.6. The van der Waals surface area contributed by atoms with Crippen molar-refractivity contribution in [1.82, 2.24) is 25.0 Å². The van der Waals surface area contributed by atoms with Crippen LogP contribution in [0.4, 0.5) is 0 Å². The highest BCUT2D eigenvalue weighted by molar-refractivity contribution is 5.95. The number of aryl methyl sites for hydroxylation is 1. The Morgan fingerprint density at radius 2 is 1.97 bits per heavy atom. The van der Waals surface area contributed by atoms with Crippen LogP contribution in [0.5, 0.6) is 0 Å². The maximum atomic E-state index is 12.3. The maximum Gasteiger partial charge on any atom is 0.275 e. The molecule has 0 saturated heterocycles. The summed E-state index contributed by atoms with van der Waals surface area (Å²) in [6.07, 6.45) is 3.60. The minimum Gasteiger partial charge on any atom is -0.394 e. The van der Waals surface area contributed by atoms with Crippen LogP contribution in [0.1, 0.15) is 21.5 Å². The van der Waals surface area contributed by atoms with Crippen molar-refractivity contribution in [3.05, 3.63) is 89.9 Å². The van der Waals surface area contributed by atoms with Gasteiger partial charge in [-0.15, -0.1) is 0 Å². The molecule has 34 heavy (non-hydrogen) atoms. The number of aliphatic hydroxyl groups excluding tert-OH is 1. The van der Waals surface area contributed by atoms with Crippen molar-refractivity contribution >= 4 is 28.0 Å². The molecule has 2 aromatic carbocycles. The number of aliphatic hydroxyl groups is 1. The molecule has 0 unspecified atom stereocenters. The van der Waals surface area contributed by atoms with Crippen LogP contribution < -0.4 is 5.48 Å². The smallest absolute Gasteiger partial charge is 0.275 e. The molecule has 8 nitrogen and oxygen atoms in total. The number of hydroxylamine groups is 1. The minimum atomic E-state index is -0.359. The lowest BCUT2D eigenvalue weighted by Crippen LogP contribution is -2.25. The normalized spacial score (nSPS) is 11.2. The molecule has 1 amide bonds. The first-order valence-corrected chi connectivity index (χ1v) is 10.9. The fraction of sp³-hybridized carbons (Fsp3) is 0.154. The molecule has 0 radical (unpaired) electrons. The van der Waals surface area contributed by atoms with Crippen LogP contribution in [0, 0.1) is 6.92 Å². The number of nitrogens with one attached hydrogen (secondary N) is 1. The molecule has 0 saturated carbocycles. The van der Waals surface area contributed by atoms with E-state index in [4.69, 9.17) is 14.9 Å². The van der Waals surface area contributed by atoms with E-state index in [1.807, 2.05) is 47.9 Å². The van der Waals surface area contributed by atoms with E-state index in [9.17, 15) is 4.79 Å². The number of pyridine rings is 2. The number of hydrogen-bond acceptors (Lipinski definition) is 6. The number of carbonyl (C=O) groups is 1. The van der Waals surface area contributed by atoms with E-state index in [2.05, 4.69) is 33.6 Å². The summed E-state index contributed by atoms with van der Waals surface area (Å²) in [5.74, 6) is -0.359. The van der Waals surface area contributed by atoms with Gasteiger partial charge in [0.15, 0.2) is 5.65 Å². The summed E-state index contributed by atoms with van der Waals surface area (Å²) in [5.41, 5.74) is 8.96. The molecule has 2 N–H and O–H groups in total. The maximum absolute atomic E-state index is 12.3. The van der Waals surface area contributed by atoms with Gasteiger partial charge in [0.2, 0.25) is 0 Å². The van der Waals surface area contributed by atoms with E-state index in [0.717, 1.165) is 44.5 Å². The Labute approximate surface area is 195 Å². The van der Waals surface area contributed by atoms with Crippen molar-refractivity contribution < 1.29 is 14.7 Å². The number of imidazole rings is 1. The topological polar surface area (TPSA) is 102 Å². The largest absolute Gasteiger partial charge is 0.394 e. The van der Waals surface area contributed by atoms with Crippen molar-refractivity contribution in [3.63, 3.8) is 0 Å². The Morgan fingerprint density at radius 3 is 2.82 bits per heavy atom. The van der Waals surface area contributed by atoms with Crippen LogP contribution in [-0.4, -0.2) is 43.7 Å². The first-order valence-electron chi connectivity index (χ1n) is 10.9. The lowest BCUT2D eigenvalue weighted by Gasteiger charge is -2.10. The molecule has 3 aromatic heterocycles. The zero-order valence-corrected chi connectivity index (χ0v) is 18.6. The Balaban J connectivity index is 1.45. The van der Waals surface area contributed by atoms with E-state index in [-0.39, 0.29) is 19.1 Å². The average molecular weight is 454 g/mol. The highest BCUT2D eigenvalue weighted by Gasteiger charge is 2.13. The molecule has 0 fully saturated rings. The van der Waals surface area contributed by atoms with Crippen molar-refractivity contribution in [2.75, 3.05) is 13.2 Å².